The molecule has 3 rings (SSSR count). The van der Waals surface area contributed by atoms with Crippen molar-refractivity contribution in [2.75, 3.05) is 6.61 Å². The summed E-state index contributed by atoms with van der Waals surface area (Å²) >= 11 is 0. The van der Waals surface area contributed by atoms with E-state index in [1.165, 1.54) is 6.07 Å². The topological polar surface area (TPSA) is 38.3 Å². The molecule has 1 aliphatic rings. The lowest BCUT2D eigenvalue weighted by atomic mass is 10.0. The molecule has 130 valence electrons. The normalized spacial score (nSPS) is 14.8. The van der Waals surface area contributed by atoms with Gasteiger partial charge >= 0.3 is 6.18 Å². The first kappa shape index (κ1) is 17.1. The van der Waals surface area contributed by atoms with Crippen LogP contribution in [0.1, 0.15) is 29.7 Å². The standard InChI is InChI=1S/C19H16F3NO2/c1-12(13-6-4-7-16(10-13)19(20,21)22)23-18(24)15-9-14-5-2-3-8-17(14)25-11-15/h2-10,12H,11H2,1H3,(H,23,24). The monoisotopic (exact) mass is 347 g/mol. The van der Waals surface area contributed by atoms with Gasteiger partial charge in [0.05, 0.1) is 17.2 Å². The van der Waals surface area contributed by atoms with Crippen LogP contribution in [-0.4, -0.2) is 12.5 Å². The van der Waals surface area contributed by atoms with Gasteiger partial charge in [-0.25, -0.2) is 0 Å². The molecule has 1 amide bonds. The van der Waals surface area contributed by atoms with E-state index in [0.29, 0.717) is 16.9 Å². The number of hydrogen-bond acceptors (Lipinski definition) is 2. The van der Waals surface area contributed by atoms with Crippen LogP contribution in [0.5, 0.6) is 5.75 Å². The minimum atomic E-state index is -4.41. The summed E-state index contributed by atoms with van der Waals surface area (Å²) in [5.41, 5.74) is 0.879. The number of ether oxygens (including phenoxy) is 1. The lowest BCUT2D eigenvalue weighted by Gasteiger charge is -2.20. The first-order valence-corrected chi connectivity index (χ1v) is 7.75. The maximum absolute atomic E-state index is 12.8. The third kappa shape index (κ3) is 3.84. The fraction of sp³-hybridized carbons (Fsp3) is 0.211. The SMILES string of the molecule is CC(NC(=O)C1=Cc2ccccc2OC1)c1cccc(C(F)(F)F)c1. The zero-order valence-electron chi connectivity index (χ0n) is 13.4. The Balaban J connectivity index is 1.75. The lowest BCUT2D eigenvalue weighted by Crippen LogP contribution is -2.31. The average Bonchev–Trinajstić information content (AvgIpc) is 2.60. The van der Waals surface area contributed by atoms with Crippen molar-refractivity contribution in [1.82, 2.24) is 5.32 Å². The summed E-state index contributed by atoms with van der Waals surface area (Å²) in [6.07, 6.45) is -2.68. The highest BCUT2D eigenvalue weighted by molar-refractivity contribution is 5.99. The largest absolute Gasteiger partial charge is 0.488 e. The van der Waals surface area contributed by atoms with Crippen LogP contribution in [-0.2, 0) is 11.0 Å². The van der Waals surface area contributed by atoms with Crippen molar-refractivity contribution in [1.29, 1.82) is 0 Å². The van der Waals surface area contributed by atoms with Crippen LogP contribution in [0.15, 0.2) is 54.1 Å². The molecule has 1 atom stereocenters. The second kappa shape index (κ2) is 6.63. The van der Waals surface area contributed by atoms with Gasteiger partial charge in [-0.05, 0) is 36.8 Å². The van der Waals surface area contributed by atoms with Crippen LogP contribution in [0.25, 0.3) is 6.08 Å². The molecule has 1 aliphatic heterocycles. The van der Waals surface area contributed by atoms with Crippen LogP contribution in [0.3, 0.4) is 0 Å². The number of fused-ring (bicyclic) bond motifs is 1. The zero-order valence-corrected chi connectivity index (χ0v) is 13.4. The van der Waals surface area contributed by atoms with Gasteiger partial charge in [0, 0.05) is 5.56 Å². The third-order valence-corrected chi connectivity index (χ3v) is 3.99. The van der Waals surface area contributed by atoms with E-state index in [0.717, 1.165) is 17.7 Å². The number of para-hydroxylation sites is 1. The molecule has 2 aromatic carbocycles. The Bertz CT molecular complexity index is 827. The van der Waals surface area contributed by atoms with Crippen molar-refractivity contribution >= 4 is 12.0 Å². The van der Waals surface area contributed by atoms with Crippen molar-refractivity contribution in [2.24, 2.45) is 0 Å². The number of halogens is 3. The van der Waals surface area contributed by atoms with E-state index in [9.17, 15) is 18.0 Å². The van der Waals surface area contributed by atoms with E-state index in [1.54, 1.807) is 19.1 Å². The molecule has 0 spiro atoms. The number of benzene rings is 2. The summed E-state index contributed by atoms with van der Waals surface area (Å²) in [5, 5.41) is 2.72. The Morgan fingerprint density at radius 1 is 1.16 bits per heavy atom. The van der Waals surface area contributed by atoms with Crippen LogP contribution >= 0.6 is 0 Å². The van der Waals surface area contributed by atoms with Crippen LogP contribution in [0, 0.1) is 0 Å². The minimum Gasteiger partial charge on any atom is -0.488 e. The number of alkyl halides is 3. The predicted molar refractivity (Wildman–Crippen MR) is 87.9 cm³/mol. The summed E-state index contributed by atoms with van der Waals surface area (Å²) in [4.78, 5) is 12.4. The molecule has 1 unspecified atom stereocenters. The van der Waals surface area contributed by atoms with Gasteiger partial charge in [0.25, 0.3) is 5.91 Å². The maximum Gasteiger partial charge on any atom is 0.416 e. The fourth-order valence-corrected chi connectivity index (χ4v) is 2.60. The van der Waals surface area contributed by atoms with E-state index in [1.807, 2.05) is 24.3 Å². The van der Waals surface area contributed by atoms with Gasteiger partial charge in [0.2, 0.25) is 0 Å². The summed E-state index contributed by atoms with van der Waals surface area (Å²) in [6, 6.07) is 11.7. The maximum atomic E-state index is 12.8. The van der Waals surface area contributed by atoms with Gasteiger partial charge in [0.1, 0.15) is 12.4 Å². The van der Waals surface area contributed by atoms with Crippen LogP contribution in [0.4, 0.5) is 13.2 Å². The second-order valence-electron chi connectivity index (χ2n) is 5.81. The van der Waals surface area contributed by atoms with Crippen molar-refractivity contribution in [2.45, 2.75) is 19.1 Å². The molecule has 0 fully saturated rings. The summed E-state index contributed by atoms with van der Waals surface area (Å²) in [5.74, 6) is 0.337. The molecule has 6 heteroatoms. The molecule has 0 aromatic heterocycles. The number of carbonyl (C=O) groups excluding carboxylic acids is 1. The Morgan fingerprint density at radius 2 is 1.92 bits per heavy atom. The molecule has 3 nitrogen and oxygen atoms in total. The molecule has 0 saturated carbocycles. The van der Waals surface area contributed by atoms with E-state index < -0.39 is 17.8 Å². The first-order chi connectivity index (χ1) is 11.8. The zero-order chi connectivity index (χ0) is 18.0. The molecule has 0 bridgehead atoms. The smallest absolute Gasteiger partial charge is 0.416 e. The average molecular weight is 347 g/mol. The number of amides is 1. The predicted octanol–water partition coefficient (Wildman–Crippen LogP) is 4.36. The summed E-state index contributed by atoms with van der Waals surface area (Å²) in [6.45, 7) is 1.77. The lowest BCUT2D eigenvalue weighted by molar-refractivity contribution is -0.137. The van der Waals surface area contributed by atoms with E-state index in [4.69, 9.17) is 4.74 Å². The third-order valence-electron chi connectivity index (χ3n) is 3.99. The molecular weight excluding hydrogens is 331 g/mol. The molecule has 25 heavy (non-hydrogen) atoms. The van der Waals surface area contributed by atoms with Gasteiger partial charge < -0.3 is 10.1 Å². The van der Waals surface area contributed by atoms with Gasteiger partial charge in [0.15, 0.2) is 0 Å². The van der Waals surface area contributed by atoms with E-state index >= 15 is 0 Å². The minimum absolute atomic E-state index is 0.123. The van der Waals surface area contributed by atoms with Gasteiger partial charge in [-0.1, -0.05) is 30.3 Å². The molecule has 0 saturated heterocycles. The molecule has 1 N–H and O–H groups in total. The highest BCUT2D eigenvalue weighted by atomic mass is 19.4. The van der Waals surface area contributed by atoms with Crippen LogP contribution < -0.4 is 10.1 Å². The highest BCUT2D eigenvalue weighted by Gasteiger charge is 2.31. The van der Waals surface area contributed by atoms with E-state index in [-0.39, 0.29) is 12.5 Å². The van der Waals surface area contributed by atoms with Crippen LogP contribution in [0.2, 0.25) is 0 Å². The number of nitrogens with one attached hydrogen (secondary N) is 1. The number of carbonyl (C=O) groups is 1. The van der Waals surface area contributed by atoms with Gasteiger partial charge in [-0.3, -0.25) is 4.79 Å². The van der Waals surface area contributed by atoms with Crippen molar-refractivity contribution in [3.05, 3.63) is 70.8 Å². The quantitative estimate of drug-likeness (QED) is 0.896. The Kier molecular flexibility index (Phi) is 4.53. The Hall–Kier alpha value is -2.76. The number of rotatable bonds is 3. The molecule has 0 aliphatic carbocycles. The molecule has 0 radical (unpaired) electrons. The first-order valence-electron chi connectivity index (χ1n) is 7.75. The fourth-order valence-electron chi connectivity index (χ4n) is 2.60. The van der Waals surface area contributed by atoms with Gasteiger partial charge in [-0.15, -0.1) is 0 Å². The summed E-state index contributed by atoms with van der Waals surface area (Å²) < 4.78 is 44.0. The molecular formula is C19H16F3NO2. The number of hydrogen-bond donors (Lipinski definition) is 1. The molecule has 1 heterocycles. The summed E-state index contributed by atoms with van der Waals surface area (Å²) in [7, 11) is 0. The Morgan fingerprint density at radius 3 is 2.68 bits per heavy atom. The van der Waals surface area contributed by atoms with Crippen molar-refractivity contribution in [3.63, 3.8) is 0 Å². The van der Waals surface area contributed by atoms with Crippen molar-refractivity contribution in [3.8, 4) is 5.75 Å². The van der Waals surface area contributed by atoms with E-state index in [2.05, 4.69) is 5.32 Å². The highest BCUT2D eigenvalue weighted by Crippen LogP contribution is 2.31. The molecule has 2 aromatic rings. The van der Waals surface area contributed by atoms with Crippen molar-refractivity contribution < 1.29 is 22.7 Å². The van der Waals surface area contributed by atoms with Gasteiger partial charge in [-0.2, -0.15) is 13.2 Å². The second-order valence-corrected chi connectivity index (χ2v) is 5.81. The Labute approximate surface area is 143 Å².